The van der Waals surface area contributed by atoms with Crippen LogP contribution in [-0.2, 0) is 29.1 Å². The van der Waals surface area contributed by atoms with Crippen LogP contribution >= 0.6 is 0 Å². The van der Waals surface area contributed by atoms with Crippen molar-refractivity contribution < 1.29 is 36.4 Å². The molecule has 4 heterocycles. The number of hydrogen-bond donors (Lipinski definition) is 3. The van der Waals surface area contributed by atoms with Gasteiger partial charge in [-0.15, -0.1) is 4.28 Å². The maximum Gasteiger partial charge on any atom is 0.418 e. The van der Waals surface area contributed by atoms with Crippen molar-refractivity contribution in [3.8, 4) is 0 Å². The van der Waals surface area contributed by atoms with Gasteiger partial charge in [-0.1, -0.05) is 0 Å². The molecule has 0 aliphatic carbocycles. The maximum atomic E-state index is 12.4. The zero-order valence-electron chi connectivity index (χ0n) is 15.0. The summed E-state index contributed by atoms with van der Waals surface area (Å²) in [5.74, 6) is -0.480. The van der Waals surface area contributed by atoms with Gasteiger partial charge in [0, 0.05) is 25.2 Å². The number of carbonyl (C=O) groups excluding carboxylic acids is 2. The molecule has 0 aromatic rings. The van der Waals surface area contributed by atoms with Crippen LogP contribution in [0.4, 0.5) is 4.79 Å². The first-order valence-corrected chi connectivity index (χ1v) is 10.4. The molecule has 0 aromatic carbocycles. The molecule has 13 nitrogen and oxygen atoms in total. The number of nitrogens with one attached hydrogen (secondary N) is 2. The van der Waals surface area contributed by atoms with Crippen LogP contribution in [0.15, 0.2) is 0 Å². The summed E-state index contributed by atoms with van der Waals surface area (Å²) in [7, 11) is -4.81. The maximum absolute atomic E-state index is 12.4. The average molecular weight is 421 g/mol. The van der Waals surface area contributed by atoms with E-state index in [-0.39, 0.29) is 19.2 Å². The average Bonchev–Trinajstić information content (AvgIpc) is 3.12. The fourth-order valence-electron chi connectivity index (χ4n) is 4.00. The highest BCUT2D eigenvalue weighted by atomic mass is 32.3. The van der Waals surface area contributed by atoms with Crippen LogP contribution in [0.2, 0.25) is 0 Å². The number of ether oxygens (including phenoxy) is 1. The molecule has 14 heteroatoms. The van der Waals surface area contributed by atoms with E-state index in [0.717, 1.165) is 13.0 Å². The minimum absolute atomic E-state index is 0.105. The first kappa shape index (κ1) is 19.8. The van der Waals surface area contributed by atoms with E-state index in [1.807, 2.05) is 0 Å². The molecule has 4 rings (SSSR count). The fraction of sp³-hybridized carbons (Fsp3) is 0.857. The van der Waals surface area contributed by atoms with Crippen LogP contribution in [0.3, 0.4) is 0 Å². The largest absolute Gasteiger partial charge is 0.418 e. The highest BCUT2D eigenvalue weighted by molar-refractivity contribution is 7.80. The van der Waals surface area contributed by atoms with E-state index in [1.54, 1.807) is 0 Å². The third-order valence-corrected chi connectivity index (χ3v) is 5.84. The number of piperidine rings is 1. The van der Waals surface area contributed by atoms with Crippen molar-refractivity contribution in [3.63, 3.8) is 0 Å². The van der Waals surface area contributed by atoms with Gasteiger partial charge in [0.25, 0.3) is 5.91 Å². The van der Waals surface area contributed by atoms with E-state index >= 15 is 0 Å². The molecule has 4 fully saturated rings. The number of hydroxylamine groups is 3. The lowest BCUT2D eigenvalue weighted by molar-refractivity contribution is -0.162. The Hall–Kier alpha value is -1.55. The minimum Gasteiger partial charge on any atom is -0.351 e. The lowest BCUT2D eigenvalue weighted by Gasteiger charge is -2.35. The highest BCUT2D eigenvalue weighted by Crippen LogP contribution is 2.30. The summed E-state index contributed by atoms with van der Waals surface area (Å²) in [6.07, 6.45) is 1.58. The summed E-state index contributed by atoms with van der Waals surface area (Å²) in [4.78, 5) is 33.5. The third kappa shape index (κ3) is 4.07. The first-order valence-electron chi connectivity index (χ1n) is 9.05. The van der Waals surface area contributed by atoms with Gasteiger partial charge < -0.3 is 15.0 Å². The van der Waals surface area contributed by atoms with Crippen molar-refractivity contribution in [1.29, 1.82) is 0 Å². The molecule has 158 valence electrons. The van der Waals surface area contributed by atoms with Crippen molar-refractivity contribution in [2.75, 3.05) is 33.2 Å². The molecule has 0 aromatic heterocycles. The number of nitrogens with zero attached hydrogens (tertiary/aromatic N) is 3. The molecule has 3 N–H and O–H groups in total. The predicted molar refractivity (Wildman–Crippen MR) is 90.3 cm³/mol. The van der Waals surface area contributed by atoms with Gasteiger partial charge in [-0.3, -0.25) is 19.1 Å². The summed E-state index contributed by atoms with van der Waals surface area (Å²) in [5, 5.41) is 3.93. The third-order valence-electron chi connectivity index (χ3n) is 5.49. The van der Waals surface area contributed by atoms with E-state index in [9.17, 15) is 18.0 Å². The molecule has 28 heavy (non-hydrogen) atoms. The van der Waals surface area contributed by atoms with Gasteiger partial charge in [-0.05, 0) is 19.3 Å². The summed E-state index contributed by atoms with van der Waals surface area (Å²) in [6, 6.07) is -1.61. The molecule has 4 saturated heterocycles. The zero-order chi connectivity index (χ0) is 19.9. The van der Waals surface area contributed by atoms with Crippen molar-refractivity contribution in [1.82, 2.24) is 25.7 Å². The lowest BCUT2D eigenvalue weighted by atomic mass is 10.0. The van der Waals surface area contributed by atoms with E-state index in [2.05, 4.69) is 20.0 Å². The zero-order valence-corrected chi connectivity index (χ0v) is 15.8. The molecule has 3 amide bonds. The molecule has 4 aliphatic heterocycles. The van der Waals surface area contributed by atoms with Gasteiger partial charge in [-0.25, -0.2) is 10.3 Å². The molecule has 4 atom stereocenters. The minimum atomic E-state index is -4.81. The number of amides is 3. The van der Waals surface area contributed by atoms with Gasteiger partial charge in [-0.2, -0.15) is 13.5 Å². The number of rotatable bonds is 7. The fourth-order valence-corrected chi connectivity index (χ4v) is 4.38. The van der Waals surface area contributed by atoms with Crippen LogP contribution in [0, 0.1) is 0 Å². The molecule has 0 radical (unpaired) electrons. The van der Waals surface area contributed by atoms with Gasteiger partial charge in [0.15, 0.2) is 0 Å². The number of hydrogen-bond acceptors (Lipinski definition) is 9. The second kappa shape index (κ2) is 7.70. The van der Waals surface area contributed by atoms with Crippen molar-refractivity contribution in [2.24, 2.45) is 0 Å². The molecule has 0 saturated carbocycles. The molecular formula is C14H23N5O8S. The Bertz CT molecular complexity index is 731. The topological polar surface area (TPSA) is 150 Å². The van der Waals surface area contributed by atoms with Gasteiger partial charge >= 0.3 is 16.4 Å². The quantitative estimate of drug-likeness (QED) is 0.311. The normalized spacial score (nSPS) is 33.2. The smallest absolute Gasteiger partial charge is 0.351 e. The van der Waals surface area contributed by atoms with Crippen LogP contribution in [-0.4, -0.2) is 97.1 Å². The Morgan fingerprint density at radius 1 is 1.32 bits per heavy atom. The SMILES string of the molecule is O=C(NOC[C@@H]1C[C@@H](N2COC2)CN1)[C@@H]1CC[C@@H]2CN1C(=O)N2OS(=O)(=O)O. The lowest BCUT2D eigenvalue weighted by Crippen LogP contribution is -2.50. The Morgan fingerprint density at radius 3 is 2.79 bits per heavy atom. The van der Waals surface area contributed by atoms with Crippen molar-refractivity contribution >= 4 is 22.3 Å². The Balaban J connectivity index is 1.24. The summed E-state index contributed by atoms with van der Waals surface area (Å²) in [5.41, 5.74) is 2.38. The molecule has 0 unspecified atom stereocenters. The molecule has 4 aliphatic rings. The summed E-state index contributed by atoms with van der Waals surface area (Å²) < 4.78 is 40.1. The monoisotopic (exact) mass is 421 g/mol. The Labute approximate surface area is 161 Å². The van der Waals surface area contributed by atoms with E-state index in [1.165, 1.54) is 4.90 Å². The number of urea groups is 1. The first-order chi connectivity index (χ1) is 13.3. The molecular weight excluding hydrogens is 398 g/mol. The van der Waals surface area contributed by atoms with Crippen LogP contribution in [0.25, 0.3) is 0 Å². The van der Waals surface area contributed by atoms with E-state index in [0.29, 0.717) is 37.4 Å². The van der Waals surface area contributed by atoms with Crippen LogP contribution in [0.1, 0.15) is 19.3 Å². The molecule has 0 spiro atoms. The second-order valence-corrected chi connectivity index (χ2v) is 8.34. The summed E-state index contributed by atoms with van der Waals surface area (Å²) >= 11 is 0. The van der Waals surface area contributed by atoms with E-state index < -0.39 is 34.4 Å². The predicted octanol–water partition coefficient (Wildman–Crippen LogP) is -1.99. The van der Waals surface area contributed by atoms with Crippen molar-refractivity contribution in [3.05, 3.63) is 0 Å². The van der Waals surface area contributed by atoms with Crippen LogP contribution < -0.4 is 10.8 Å². The Kier molecular flexibility index (Phi) is 5.43. The number of carbonyl (C=O) groups is 2. The standard InChI is InChI=1S/C14H23N5O8S/c20-13(16-26-6-9-3-11(4-15-9)17-7-25-8-17)12-2-1-10-5-18(12)14(21)19(10)27-28(22,23)24/h9-12,15H,1-8H2,(H,16,20)(H,22,23,24)/t9-,10+,11+,12-/m0/s1. The van der Waals surface area contributed by atoms with Crippen LogP contribution in [0.5, 0.6) is 0 Å². The van der Waals surface area contributed by atoms with Gasteiger partial charge in [0.1, 0.15) is 19.5 Å². The Morgan fingerprint density at radius 2 is 2.11 bits per heavy atom. The second-order valence-electron chi connectivity index (χ2n) is 7.33. The van der Waals surface area contributed by atoms with Gasteiger partial charge in [0.05, 0.1) is 12.6 Å². The van der Waals surface area contributed by atoms with Gasteiger partial charge in [0.2, 0.25) is 0 Å². The molecule has 2 bridgehead atoms. The number of fused-ring (bicyclic) bond motifs is 2. The van der Waals surface area contributed by atoms with E-state index in [4.69, 9.17) is 14.1 Å². The van der Waals surface area contributed by atoms with Crippen molar-refractivity contribution in [2.45, 2.75) is 43.4 Å². The highest BCUT2D eigenvalue weighted by Gasteiger charge is 2.49. The summed E-state index contributed by atoms with van der Waals surface area (Å²) in [6.45, 7) is 2.54.